The quantitative estimate of drug-likeness (QED) is 0.737. The van der Waals surface area contributed by atoms with Gasteiger partial charge < -0.3 is 19.5 Å². The van der Waals surface area contributed by atoms with E-state index in [1.165, 1.54) is 0 Å². The van der Waals surface area contributed by atoms with E-state index in [0.29, 0.717) is 19.6 Å². The number of nitrogens with one attached hydrogen (secondary N) is 1. The summed E-state index contributed by atoms with van der Waals surface area (Å²) in [5, 5.41) is 3.13. The fourth-order valence-corrected chi connectivity index (χ4v) is 2.95. The van der Waals surface area contributed by atoms with E-state index in [0.717, 1.165) is 32.3 Å². The molecular weight excluding hydrogens is 246 g/mol. The topological polar surface area (TPSA) is 56.8 Å². The second-order valence-corrected chi connectivity index (χ2v) is 5.39. The van der Waals surface area contributed by atoms with Gasteiger partial charge in [-0.1, -0.05) is 0 Å². The first-order valence-electron chi connectivity index (χ1n) is 7.29. The summed E-state index contributed by atoms with van der Waals surface area (Å²) in [6.07, 6.45) is 4.94. The van der Waals surface area contributed by atoms with Crippen molar-refractivity contribution in [3.8, 4) is 0 Å². The van der Waals surface area contributed by atoms with E-state index in [1.807, 2.05) is 14.0 Å². The number of hydrogen-bond acceptors (Lipinski definition) is 5. The zero-order valence-electron chi connectivity index (χ0n) is 11.9. The molecule has 3 atom stereocenters. The Hall–Kier alpha value is -0.650. The van der Waals surface area contributed by atoms with Gasteiger partial charge in [-0.3, -0.25) is 4.79 Å². The summed E-state index contributed by atoms with van der Waals surface area (Å²) in [5.41, 5.74) is -0.558. The summed E-state index contributed by atoms with van der Waals surface area (Å²) in [6, 6.07) is 0. The van der Waals surface area contributed by atoms with Crippen molar-refractivity contribution >= 4 is 5.97 Å². The maximum atomic E-state index is 12.0. The van der Waals surface area contributed by atoms with Gasteiger partial charge in [0, 0.05) is 13.0 Å². The third kappa shape index (κ3) is 3.46. The first-order valence-corrected chi connectivity index (χ1v) is 7.29. The average molecular weight is 271 g/mol. The molecule has 1 aliphatic heterocycles. The number of esters is 1. The molecule has 2 aliphatic rings. The van der Waals surface area contributed by atoms with Crippen LogP contribution >= 0.6 is 0 Å². The summed E-state index contributed by atoms with van der Waals surface area (Å²) in [6.45, 7) is 3.75. The molecule has 0 spiro atoms. The molecular formula is C14H25NO4. The molecule has 0 aromatic carbocycles. The van der Waals surface area contributed by atoms with E-state index in [1.54, 1.807) is 0 Å². The highest BCUT2D eigenvalue weighted by atomic mass is 16.5. The minimum atomic E-state index is -0.558. The molecule has 1 saturated carbocycles. The second-order valence-electron chi connectivity index (χ2n) is 5.39. The molecule has 5 heteroatoms. The Morgan fingerprint density at radius 3 is 2.95 bits per heavy atom. The lowest BCUT2D eigenvalue weighted by Crippen LogP contribution is -2.49. The Bertz CT molecular complexity index is 304. The van der Waals surface area contributed by atoms with Gasteiger partial charge in [-0.05, 0) is 39.7 Å². The molecule has 3 unspecified atom stereocenters. The molecule has 1 aliphatic carbocycles. The lowest BCUT2D eigenvalue weighted by Gasteiger charge is -2.26. The number of likely N-dealkylation sites (N-methyl/N-ethyl adjacent to an activating group) is 1. The number of ether oxygens (including phenoxy) is 3. The minimum Gasteiger partial charge on any atom is -0.465 e. The maximum absolute atomic E-state index is 12.0. The average Bonchev–Trinajstić information content (AvgIpc) is 3.07. The van der Waals surface area contributed by atoms with E-state index in [4.69, 9.17) is 14.2 Å². The molecule has 2 fully saturated rings. The monoisotopic (exact) mass is 271 g/mol. The number of carbonyl (C=O) groups excluding carboxylic acids is 1. The van der Waals surface area contributed by atoms with Crippen molar-refractivity contribution in [2.75, 3.05) is 26.9 Å². The van der Waals surface area contributed by atoms with Crippen molar-refractivity contribution in [3.63, 3.8) is 0 Å². The van der Waals surface area contributed by atoms with E-state index < -0.39 is 5.54 Å². The van der Waals surface area contributed by atoms with Crippen molar-refractivity contribution in [2.24, 2.45) is 0 Å². The number of carbonyl (C=O) groups is 1. The van der Waals surface area contributed by atoms with E-state index >= 15 is 0 Å². The lowest BCUT2D eigenvalue weighted by atomic mass is 9.98. The summed E-state index contributed by atoms with van der Waals surface area (Å²) < 4.78 is 16.6. The van der Waals surface area contributed by atoms with Crippen LogP contribution in [-0.2, 0) is 19.0 Å². The third-order valence-electron chi connectivity index (χ3n) is 4.16. The summed E-state index contributed by atoms with van der Waals surface area (Å²) in [5.74, 6) is -0.152. The fourth-order valence-electron chi connectivity index (χ4n) is 2.95. The van der Waals surface area contributed by atoms with Crippen LogP contribution in [0, 0.1) is 0 Å². The van der Waals surface area contributed by atoms with Gasteiger partial charge in [0.25, 0.3) is 0 Å². The molecule has 2 rings (SSSR count). The van der Waals surface area contributed by atoms with Crippen LogP contribution in [-0.4, -0.2) is 50.6 Å². The van der Waals surface area contributed by atoms with Crippen LogP contribution in [0.2, 0.25) is 0 Å². The highest BCUT2D eigenvalue weighted by molar-refractivity contribution is 5.81. The predicted molar refractivity (Wildman–Crippen MR) is 71.0 cm³/mol. The standard InChI is InChI=1S/C14H25NO4/c1-3-17-13(16)14(15-2)7-6-11(9-14)19-10-12-5-4-8-18-12/h11-12,15H,3-10H2,1-2H3. The molecule has 1 heterocycles. The molecule has 110 valence electrons. The van der Waals surface area contributed by atoms with Crippen molar-refractivity contribution in [2.45, 2.75) is 56.8 Å². The number of hydrogen-bond donors (Lipinski definition) is 1. The first-order chi connectivity index (χ1) is 9.20. The van der Waals surface area contributed by atoms with E-state index in [9.17, 15) is 4.79 Å². The van der Waals surface area contributed by atoms with Crippen molar-refractivity contribution in [3.05, 3.63) is 0 Å². The van der Waals surface area contributed by atoms with E-state index in [2.05, 4.69) is 5.32 Å². The molecule has 19 heavy (non-hydrogen) atoms. The van der Waals surface area contributed by atoms with Crippen molar-refractivity contribution < 1.29 is 19.0 Å². The maximum Gasteiger partial charge on any atom is 0.326 e. The molecule has 0 radical (unpaired) electrons. The molecule has 0 amide bonds. The largest absolute Gasteiger partial charge is 0.465 e. The Kier molecular flexibility index (Phi) is 5.19. The molecule has 1 saturated heterocycles. The fraction of sp³-hybridized carbons (Fsp3) is 0.929. The number of rotatable bonds is 6. The normalized spacial score (nSPS) is 34.6. The highest BCUT2D eigenvalue weighted by Gasteiger charge is 2.46. The Morgan fingerprint density at radius 2 is 2.32 bits per heavy atom. The predicted octanol–water partition coefficient (Wildman–Crippen LogP) is 1.26. The second kappa shape index (κ2) is 6.68. The summed E-state index contributed by atoms with van der Waals surface area (Å²) >= 11 is 0. The van der Waals surface area contributed by atoms with Gasteiger partial charge in [0.05, 0.1) is 25.4 Å². The van der Waals surface area contributed by atoms with Gasteiger partial charge in [0.1, 0.15) is 5.54 Å². The molecule has 0 aromatic rings. The van der Waals surface area contributed by atoms with Gasteiger partial charge in [-0.25, -0.2) is 0 Å². The van der Waals surface area contributed by atoms with Crippen molar-refractivity contribution in [1.82, 2.24) is 5.32 Å². The van der Waals surface area contributed by atoms with Crippen LogP contribution in [0.4, 0.5) is 0 Å². The Morgan fingerprint density at radius 1 is 1.47 bits per heavy atom. The van der Waals surface area contributed by atoms with Gasteiger partial charge in [-0.15, -0.1) is 0 Å². The molecule has 0 bridgehead atoms. The molecule has 0 aromatic heterocycles. The van der Waals surface area contributed by atoms with E-state index in [-0.39, 0.29) is 18.2 Å². The van der Waals surface area contributed by atoms with Gasteiger partial charge >= 0.3 is 5.97 Å². The van der Waals surface area contributed by atoms with Gasteiger partial charge in [-0.2, -0.15) is 0 Å². The van der Waals surface area contributed by atoms with Gasteiger partial charge in [0.2, 0.25) is 0 Å². The zero-order chi connectivity index (χ0) is 13.7. The van der Waals surface area contributed by atoms with Crippen LogP contribution in [0.3, 0.4) is 0 Å². The molecule has 1 N–H and O–H groups in total. The lowest BCUT2D eigenvalue weighted by molar-refractivity contribution is -0.151. The Labute approximate surface area is 115 Å². The highest BCUT2D eigenvalue weighted by Crippen LogP contribution is 2.33. The van der Waals surface area contributed by atoms with Crippen LogP contribution in [0.1, 0.15) is 39.0 Å². The SMILES string of the molecule is CCOC(=O)C1(NC)CCC(OCC2CCCO2)C1. The third-order valence-corrected chi connectivity index (χ3v) is 4.16. The summed E-state index contributed by atoms with van der Waals surface area (Å²) in [7, 11) is 1.82. The summed E-state index contributed by atoms with van der Waals surface area (Å²) in [4.78, 5) is 12.0. The van der Waals surface area contributed by atoms with Crippen LogP contribution < -0.4 is 5.32 Å². The molecule has 5 nitrogen and oxygen atoms in total. The van der Waals surface area contributed by atoms with Crippen molar-refractivity contribution in [1.29, 1.82) is 0 Å². The minimum absolute atomic E-state index is 0.126. The Balaban J connectivity index is 1.81. The smallest absolute Gasteiger partial charge is 0.326 e. The first kappa shape index (κ1) is 14.8. The van der Waals surface area contributed by atoms with Crippen LogP contribution in [0.15, 0.2) is 0 Å². The van der Waals surface area contributed by atoms with Crippen LogP contribution in [0.25, 0.3) is 0 Å². The van der Waals surface area contributed by atoms with Crippen LogP contribution in [0.5, 0.6) is 0 Å². The van der Waals surface area contributed by atoms with Gasteiger partial charge in [0.15, 0.2) is 0 Å². The zero-order valence-corrected chi connectivity index (χ0v) is 11.9.